The highest BCUT2D eigenvalue weighted by atomic mass is 79.9. The van der Waals surface area contributed by atoms with Crippen LogP contribution < -0.4 is 10.1 Å². The highest BCUT2D eigenvalue weighted by Crippen LogP contribution is 2.33. The van der Waals surface area contributed by atoms with E-state index in [0.717, 1.165) is 11.1 Å². The van der Waals surface area contributed by atoms with Crippen molar-refractivity contribution in [3.8, 4) is 5.75 Å². The van der Waals surface area contributed by atoms with Crippen molar-refractivity contribution in [2.45, 2.75) is 6.04 Å². The molecule has 0 aliphatic carbocycles. The molecule has 1 heterocycles. The van der Waals surface area contributed by atoms with E-state index in [1.807, 2.05) is 31.3 Å². The first-order valence-corrected chi connectivity index (χ1v) is 6.58. The highest BCUT2D eigenvalue weighted by molar-refractivity contribution is 9.10. The second-order valence-electron chi connectivity index (χ2n) is 3.77. The Balaban J connectivity index is 2.40. The maximum Gasteiger partial charge on any atom is 0.174 e. The lowest BCUT2D eigenvalue weighted by atomic mass is 10.0. The summed E-state index contributed by atoms with van der Waals surface area (Å²) in [6, 6.07) is 7.66. The van der Waals surface area contributed by atoms with E-state index < -0.39 is 0 Å². The maximum atomic E-state index is 6.14. The Labute approximate surface area is 119 Å². The highest BCUT2D eigenvalue weighted by Gasteiger charge is 2.18. The number of ether oxygens (including phenoxy) is 1. The molecular formula is C13H13BrClNO2. The standard InChI is InChI=1S/C13H13BrClNO2/c1-16-12(9-5-6-18-13(9)14)8-3-4-11(17-2)10(15)7-8/h3-7,12,16H,1-2H3. The minimum absolute atomic E-state index is 0.0153. The first-order valence-electron chi connectivity index (χ1n) is 5.41. The van der Waals surface area contributed by atoms with E-state index in [1.165, 1.54) is 0 Å². The maximum absolute atomic E-state index is 6.14. The van der Waals surface area contributed by atoms with Crippen molar-refractivity contribution in [1.82, 2.24) is 5.32 Å². The summed E-state index contributed by atoms with van der Waals surface area (Å²) in [5.41, 5.74) is 2.07. The Morgan fingerprint density at radius 3 is 2.67 bits per heavy atom. The van der Waals surface area contributed by atoms with E-state index in [4.69, 9.17) is 20.8 Å². The summed E-state index contributed by atoms with van der Waals surface area (Å²) >= 11 is 9.53. The van der Waals surface area contributed by atoms with Crippen molar-refractivity contribution in [3.63, 3.8) is 0 Å². The van der Waals surface area contributed by atoms with Crippen LogP contribution in [0.2, 0.25) is 5.02 Å². The van der Waals surface area contributed by atoms with Crippen LogP contribution in [0.1, 0.15) is 17.2 Å². The summed E-state index contributed by atoms with van der Waals surface area (Å²) in [5, 5.41) is 3.83. The number of rotatable bonds is 4. The van der Waals surface area contributed by atoms with Crippen molar-refractivity contribution in [3.05, 3.63) is 51.3 Å². The number of halogens is 2. The lowest BCUT2D eigenvalue weighted by Crippen LogP contribution is -2.17. The second kappa shape index (κ2) is 5.78. The predicted octanol–water partition coefficient (Wildman–Crippen LogP) is 4.01. The molecule has 1 N–H and O–H groups in total. The minimum atomic E-state index is 0.0153. The van der Waals surface area contributed by atoms with Crippen LogP contribution in [0.15, 0.2) is 39.6 Å². The minimum Gasteiger partial charge on any atom is -0.495 e. The molecule has 1 aromatic carbocycles. The van der Waals surface area contributed by atoms with Crippen molar-refractivity contribution in [1.29, 1.82) is 0 Å². The van der Waals surface area contributed by atoms with Gasteiger partial charge in [0.05, 0.1) is 24.4 Å². The van der Waals surface area contributed by atoms with Gasteiger partial charge in [0, 0.05) is 5.56 Å². The van der Waals surface area contributed by atoms with E-state index in [-0.39, 0.29) is 6.04 Å². The van der Waals surface area contributed by atoms with Gasteiger partial charge in [-0.2, -0.15) is 0 Å². The molecule has 0 spiro atoms. The summed E-state index contributed by atoms with van der Waals surface area (Å²) in [4.78, 5) is 0. The smallest absolute Gasteiger partial charge is 0.174 e. The summed E-state index contributed by atoms with van der Waals surface area (Å²) in [5.74, 6) is 0.668. The van der Waals surface area contributed by atoms with Crippen LogP contribution in [0, 0.1) is 0 Å². The molecule has 0 saturated heterocycles. The van der Waals surface area contributed by atoms with Gasteiger partial charge in [0.25, 0.3) is 0 Å². The fourth-order valence-electron chi connectivity index (χ4n) is 1.87. The lowest BCUT2D eigenvalue weighted by molar-refractivity contribution is 0.414. The van der Waals surface area contributed by atoms with E-state index in [2.05, 4.69) is 21.2 Å². The molecule has 2 rings (SSSR count). The fraction of sp³-hybridized carbons (Fsp3) is 0.231. The van der Waals surface area contributed by atoms with Gasteiger partial charge in [-0.05, 0) is 46.7 Å². The number of hydrogen-bond acceptors (Lipinski definition) is 3. The molecule has 96 valence electrons. The average Bonchev–Trinajstić information content (AvgIpc) is 2.77. The average molecular weight is 331 g/mol. The first kappa shape index (κ1) is 13.5. The molecule has 1 atom stereocenters. The van der Waals surface area contributed by atoms with Crippen molar-refractivity contribution in [2.24, 2.45) is 0 Å². The van der Waals surface area contributed by atoms with E-state index in [9.17, 15) is 0 Å². The van der Waals surface area contributed by atoms with Gasteiger partial charge in [0.2, 0.25) is 0 Å². The van der Waals surface area contributed by atoms with Crippen LogP contribution in [0.25, 0.3) is 0 Å². The number of methoxy groups -OCH3 is 1. The Kier molecular flexibility index (Phi) is 4.32. The third kappa shape index (κ3) is 2.55. The Morgan fingerprint density at radius 1 is 1.39 bits per heavy atom. The molecule has 0 aliphatic heterocycles. The SMILES string of the molecule is CNC(c1ccc(OC)c(Cl)c1)c1ccoc1Br. The van der Waals surface area contributed by atoms with E-state index in [0.29, 0.717) is 15.4 Å². The quantitative estimate of drug-likeness (QED) is 0.919. The Morgan fingerprint density at radius 2 is 2.17 bits per heavy atom. The molecule has 0 aliphatic rings. The molecule has 5 heteroatoms. The van der Waals surface area contributed by atoms with Crippen molar-refractivity contribution >= 4 is 27.5 Å². The predicted molar refractivity (Wildman–Crippen MR) is 75.3 cm³/mol. The first-order chi connectivity index (χ1) is 8.67. The molecule has 0 bridgehead atoms. The molecule has 0 saturated carbocycles. The zero-order valence-corrected chi connectivity index (χ0v) is 12.4. The molecular weight excluding hydrogens is 318 g/mol. The number of benzene rings is 1. The van der Waals surface area contributed by atoms with Gasteiger partial charge >= 0.3 is 0 Å². The molecule has 2 aromatic rings. The van der Waals surface area contributed by atoms with E-state index in [1.54, 1.807) is 13.4 Å². The van der Waals surface area contributed by atoms with Crippen LogP contribution in [-0.2, 0) is 0 Å². The zero-order chi connectivity index (χ0) is 13.1. The number of hydrogen-bond donors (Lipinski definition) is 1. The third-order valence-electron chi connectivity index (χ3n) is 2.75. The van der Waals surface area contributed by atoms with Gasteiger partial charge < -0.3 is 14.5 Å². The monoisotopic (exact) mass is 329 g/mol. The zero-order valence-electron chi connectivity index (χ0n) is 10.0. The van der Waals surface area contributed by atoms with Gasteiger partial charge in [-0.25, -0.2) is 0 Å². The van der Waals surface area contributed by atoms with Gasteiger partial charge in [-0.1, -0.05) is 17.7 Å². The largest absolute Gasteiger partial charge is 0.495 e. The Bertz CT molecular complexity index is 542. The van der Waals surface area contributed by atoms with Crippen LogP contribution in [-0.4, -0.2) is 14.2 Å². The summed E-state index contributed by atoms with van der Waals surface area (Å²) in [7, 11) is 3.49. The van der Waals surface area contributed by atoms with Crippen LogP contribution in [0.5, 0.6) is 5.75 Å². The van der Waals surface area contributed by atoms with Crippen LogP contribution >= 0.6 is 27.5 Å². The third-order valence-corrected chi connectivity index (χ3v) is 3.70. The summed E-state index contributed by atoms with van der Waals surface area (Å²) < 4.78 is 11.1. The molecule has 0 radical (unpaired) electrons. The van der Waals surface area contributed by atoms with Gasteiger partial charge in [-0.15, -0.1) is 0 Å². The summed E-state index contributed by atoms with van der Waals surface area (Å²) in [6.07, 6.45) is 1.65. The van der Waals surface area contributed by atoms with Crippen LogP contribution in [0.3, 0.4) is 0 Å². The molecule has 0 fully saturated rings. The molecule has 1 aromatic heterocycles. The topological polar surface area (TPSA) is 34.4 Å². The normalized spacial score (nSPS) is 12.4. The van der Waals surface area contributed by atoms with Gasteiger partial charge in [-0.3, -0.25) is 0 Å². The number of nitrogens with one attached hydrogen (secondary N) is 1. The van der Waals surface area contributed by atoms with Crippen molar-refractivity contribution in [2.75, 3.05) is 14.2 Å². The van der Waals surface area contributed by atoms with Gasteiger partial charge in [0.1, 0.15) is 5.75 Å². The molecule has 1 unspecified atom stereocenters. The lowest BCUT2D eigenvalue weighted by Gasteiger charge is -2.16. The second-order valence-corrected chi connectivity index (χ2v) is 4.89. The van der Waals surface area contributed by atoms with E-state index >= 15 is 0 Å². The fourth-order valence-corrected chi connectivity index (χ4v) is 2.61. The van der Waals surface area contributed by atoms with Crippen molar-refractivity contribution < 1.29 is 9.15 Å². The molecule has 0 amide bonds. The number of furan rings is 1. The van der Waals surface area contributed by atoms with Crippen LogP contribution in [0.4, 0.5) is 0 Å². The Hall–Kier alpha value is -0.970. The molecule has 18 heavy (non-hydrogen) atoms. The molecule has 3 nitrogen and oxygen atoms in total. The summed E-state index contributed by atoms with van der Waals surface area (Å²) in [6.45, 7) is 0. The van der Waals surface area contributed by atoms with Gasteiger partial charge in [0.15, 0.2) is 4.67 Å².